The minimum Gasteiger partial charge on any atom is -0.465 e. The number of benzene rings is 3. The van der Waals surface area contributed by atoms with Crippen LogP contribution in [0.4, 0.5) is 0 Å². The SMILES string of the molecule is COC(=O)c1ccccc1C(=O)c1ccc(-c2ccccc2)cc1. The van der Waals surface area contributed by atoms with Gasteiger partial charge in [0.2, 0.25) is 0 Å². The highest BCUT2D eigenvalue weighted by Crippen LogP contribution is 2.21. The first-order valence-corrected chi connectivity index (χ1v) is 7.58. The average Bonchev–Trinajstić information content (AvgIpc) is 2.67. The Hall–Kier alpha value is -3.20. The van der Waals surface area contributed by atoms with Crippen LogP contribution in [0.2, 0.25) is 0 Å². The molecule has 24 heavy (non-hydrogen) atoms. The summed E-state index contributed by atoms with van der Waals surface area (Å²) in [5.74, 6) is -0.713. The molecule has 0 amide bonds. The van der Waals surface area contributed by atoms with Crippen LogP contribution >= 0.6 is 0 Å². The van der Waals surface area contributed by atoms with E-state index in [-0.39, 0.29) is 11.3 Å². The Morgan fingerprint density at radius 2 is 1.21 bits per heavy atom. The Morgan fingerprint density at radius 1 is 0.667 bits per heavy atom. The van der Waals surface area contributed by atoms with Crippen LogP contribution in [-0.2, 0) is 4.74 Å². The molecular weight excluding hydrogens is 300 g/mol. The molecule has 0 unspecified atom stereocenters. The molecule has 3 rings (SSSR count). The second-order valence-electron chi connectivity index (χ2n) is 5.31. The van der Waals surface area contributed by atoms with Gasteiger partial charge in [0.15, 0.2) is 5.78 Å². The van der Waals surface area contributed by atoms with E-state index in [0.29, 0.717) is 11.1 Å². The Balaban J connectivity index is 1.93. The topological polar surface area (TPSA) is 43.4 Å². The van der Waals surface area contributed by atoms with Gasteiger partial charge in [-0.1, -0.05) is 72.8 Å². The quantitative estimate of drug-likeness (QED) is 0.530. The van der Waals surface area contributed by atoms with E-state index in [0.717, 1.165) is 11.1 Å². The molecule has 0 aliphatic rings. The number of hydrogen-bond acceptors (Lipinski definition) is 3. The van der Waals surface area contributed by atoms with Crippen molar-refractivity contribution < 1.29 is 14.3 Å². The number of hydrogen-bond donors (Lipinski definition) is 0. The van der Waals surface area contributed by atoms with E-state index < -0.39 is 5.97 Å². The predicted molar refractivity (Wildman–Crippen MR) is 93.1 cm³/mol. The Kier molecular flexibility index (Phi) is 4.52. The van der Waals surface area contributed by atoms with Crippen molar-refractivity contribution in [2.45, 2.75) is 0 Å². The Morgan fingerprint density at radius 3 is 1.83 bits per heavy atom. The lowest BCUT2D eigenvalue weighted by Gasteiger charge is -2.08. The van der Waals surface area contributed by atoms with Gasteiger partial charge in [0.25, 0.3) is 0 Å². The van der Waals surface area contributed by atoms with Crippen molar-refractivity contribution in [2.75, 3.05) is 7.11 Å². The smallest absolute Gasteiger partial charge is 0.338 e. The molecule has 3 aromatic rings. The molecule has 118 valence electrons. The summed E-state index contributed by atoms with van der Waals surface area (Å²) < 4.78 is 4.75. The highest BCUT2D eigenvalue weighted by atomic mass is 16.5. The van der Waals surface area contributed by atoms with Gasteiger partial charge in [0.05, 0.1) is 12.7 Å². The van der Waals surface area contributed by atoms with Crippen LogP contribution in [0.3, 0.4) is 0 Å². The molecule has 0 aliphatic heterocycles. The molecule has 3 aromatic carbocycles. The largest absolute Gasteiger partial charge is 0.465 e. The number of esters is 1. The van der Waals surface area contributed by atoms with Gasteiger partial charge in [0, 0.05) is 11.1 Å². The summed E-state index contributed by atoms with van der Waals surface area (Å²) in [6.45, 7) is 0. The molecule has 0 spiro atoms. The number of carbonyl (C=O) groups excluding carboxylic acids is 2. The van der Waals surface area contributed by atoms with Crippen LogP contribution in [0.1, 0.15) is 26.3 Å². The number of ether oxygens (including phenoxy) is 1. The first-order chi connectivity index (χ1) is 11.7. The molecule has 0 bridgehead atoms. The summed E-state index contributed by atoms with van der Waals surface area (Å²) in [5.41, 5.74) is 3.28. The van der Waals surface area contributed by atoms with E-state index in [2.05, 4.69) is 0 Å². The normalized spacial score (nSPS) is 10.2. The van der Waals surface area contributed by atoms with Gasteiger partial charge in [-0.25, -0.2) is 4.79 Å². The van der Waals surface area contributed by atoms with Crippen LogP contribution < -0.4 is 0 Å². The van der Waals surface area contributed by atoms with E-state index >= 15 is 0 Å². The second kappa shape index (κ2) is 6.92. The third-order valence-electron chi connectivity index (χ3n) is 3.83. The molecule has 0 saturated heterocycles. The minimum atomic E-state index is -0.514. The number of methoxy groups -OCH3 is 1. The molecule has 0 aliphatic carbocycles. The molecule has 0 atom stereocenters. The van der Waals surface area contributed by atoms with Gasteiger partial charge < -0.3 is 4.74 Å². The van der Waals surface area contributed by atoms with Crippen LogP contribution in [0, 0.1) is 0 Å². The fourth-order valence-corrected chi connectivity index (χ4v) is 2.57. The summed E-state index contributed by atoms with van der Waals surface area (Å²) in [6.07, 6.45) is 0. The van der Waals surface area contributed by atoms with E-state index in [4.69, 9.17) is 4.74 Å². The molecule has 0 saturated carbocycles. The van der Waals surface area contributed by atoms with Crippen molar-refractivity contribution in [1.82, 2.24) is 0 Å². The second-order valence-corrected chi connectivity index (χ2v) is 5.31. The van der Waals surface area contributed by atoms with Crippen molar-refractivity contribution in [3.8, 4) is 11.1 Å². The lowest BCUT2D eigenvalue weighted by atomic mass is 9.96. The van der Waals surface area contributed by atoms with Crippen LogP contribution in [0.15, 0.2) is 78.9 Å². The zero-order valence-electron chi connectivity index (χ0n) is 13.2. The van der Waals surface area contributed by atoms with Gasteiger partial charge in [0.1, 0.15) is 0 Å². The summed E-state index contributed by atoms with van der Waals surface area (Å²) >= 11 is 0. The molecule has 0 N–H and O–H groups in total. The van der Waals surface area contributed by atoms with E-state index in [1.54, 1.807) is 36.4 Å². The molecule has 0 radical (unpaired) electrons. The van der Waals surface area contributed by atoms with E-state index in [1.165, 1.54) is 7.11 Å². The summed E-state index contributed by atoms with van der Waals surface area (Å²) in [4.78, 5) is 24.6. The number of carbonyl (C=O) groups is 2. The number of ketones is 1. The average molecular weight is 316 g/mol. The van der Waals surface area contributed by atoms with Gasteiger partial charge in [-0.15, -0.1) is 0 Å². The highest BCUT2D eigenvalue weighted by molar-refractivity contribution is 6.14. The Labute approximate surface area is 140 Å². The fraction of sp³-hybridized carbons (Fsp3) is 0.0476. The van der Waals surface area contributed by atoms with Crippen LogP contribution in [-0.4, -0.2) is 18.9 Å². The summed E-state index contributed by atoms with van der Waals surface area (Å²) in [5, 5.41) is 0. The molecule has 3 nitrogen and oxygen atoms in total. The fourth-order valence-electron chi connectivity index (χ4n) is 2.57. The third-order valence-corrected chi connectivity index (χ3v) is 3.83. The monoisotopic (exact) mass is 316 g/mol. The van der Waals surface area contributed by atoms with Gasteiger partial charge in [-0.05, 0) is 17.2 Å². The summed E-state index contributed by atoms with van der Waals surface area (Å²) in [7, 11) is 1.30. The zero-order chi connectivity index (χ0) is 16.9. The first kappa shape index (κ1) is 15.7. The number of rotatable bonds is 4. The van der Waals surface area contributed by atoms with Crippen molar-refractivity contribution in [3.63, 3.8) is 0 Å². The van der Waals surface area contributed by atoms with Crippen molar-refractivity contribution in [3.05, 3.63) is 95.6 Å². The van der Waals surface area contributed by atoms with Gasteiger partial charge >= 0.3 is 5.97 Å². The molecule has 3 heteroatoms. The third kappa shape index (κ3) is 3.10. The summed E-state index contributed by atoms with van der Waals surface area (Å²) in [6, 6.07) is 24.0. The molecular formula is C21H16O3. The maximum atomic E-state index is 12.7. The van der Waals surface area contributed by atoms with E-state index in [9.17, 15) is 9.59 Å². The zero-order valence-corrected chi connectivity index (χ0v) is 13.2. The van der Waals surface area contributed by atoms with Gasteiger partial charge in [-0.2, -0.15) is 0 Å². The maximum absolute atomic E-state index is 12.7. The van der Waals surface area contributed by atoms with Crippen molar-refractivity contribution in [2.24, 2.45) is 0 Å². The Bertz CT molecular complexity index is 865. The van der Waals surface area contributed by atoms with Gasteiger partial charge in [-0.3, -0.25) is 4.79 Å². The lowest BCUT2D eigenvalue weighted by Crippen LogP contribution is -2.11. The minimum absolute atomic E-state index is 0.199. The molecule has 0 heterocycles. The van der Waals surface area contributed by atoms with Crippen molar-refractivity contribution >= 4 is 11.8 Å². The van der Waals surface area contributed by atoms with E-state index in [1.807, 2.05) is 42.5 Å². The molecule has 0 fully saturated rings. The predicted octanol–water partition coefficient (Wildman–Crippen LogP) is 4.37. The van der Waals surface area contributed by atoms with Crippen LogP contribution in [0.5, 0.6) is 0 Å². The maximum Gasteiger partial charge on any atom is 0.338 e. The standard InChI is InChI=1S/C21H16O3/c1-24-21(23)19-10-6-5-9-18(19)20(22)17-13-11-16(12-14-17)15-7-3-2-4-8-15/h2-14H,1H3. The first-order valence-electron chi connectivity index (χ1n) is 7.58. The van der Waals surface area contributed by atoms with Crippen molar-refractivity contribution in [1.29, 1.82) is 0 Å². The molecule has 0 aromatic heterocycles. The lowest BCUT2D eigenvalue weighted by molar-refractivity contribution is 0.0597. The van der Waals surface area contributed by atoms with Crippen LogP contribution in [0.25, 0.3) is 11.1 Å². The highest BCUT2D eigenvalue weighted by Gasteiger charge is 2.18.